The van der Waals surface area contributed by atoms with Crippen LogP contribution < -0.4 is 0 Å². The van der Waals surface area contributed by atoms with Gasteiger partial charge in [-0.15, -0.1) is 0 Å². The van der Waals surface area contributed by atoms with Gasteiger partial charge in [-0.05, 0) is 0 Å². The molecule has 0 aliphatic heterocycles. The molecule has 0 unspecified atom stereocenters. The smallest absolute Gasteiger partial charge is 0.205 e. The van der Waals surface area contributed by atoms with Crippen LogP contribution >= 0.6 is 0 Å². The fourth-order valence-electron chi connectivity index (χ4n) is 1.12. The van der Waals surface area contributed by atoms with Crippen LogP contribution in [0.25, 0.3) is 0 Å². The van der Waals surface area contributed by atoms with Gasteiger partial charge in [-0.1, -0.05) is 19.1 Å². The molecule has 2 heteroatoms. The predicted octanol–water partition coefficient (Wildman–Crippen LogP) is 2.25. The van der Waals surface area contributed by atoms with Crippen molar-refractivity contribution in [1.82, 2.24) is 0 Å². The van der Waals surface area contributed by atoms with Crippen molar-refractivity contribution in [3.05, 3.63) is 29.8 Å². The van der Waals surface area contributed by atoms with Crippen molar-refractivity contribution in [2.24, 2.45) is 0 Å². The fraction of sp³-hybridized carbons (Fsp3) is 0.273. The monoisotopic (exact) mass is 176 g/mol. The Balaban J connectivity index is 3.05. The van der Waals surface area contributed by atoms with Crippen molar-refractivity contribution in [3.8, 4) is 0 Å². The van der Waals surface area contributed by atoms with E-state index in [4.69, 9.17) is 0 Å². The lowest BCUT2D eigenvalue weighted by Crippen LogP contribution is -1.98. The lowest BCUT2D eigenvalue weighted by atomic mass is 10.1. The lowest BCUT2D eigenvalue weighted by Gasteiger charge is -1.98. The number of benzene rings is 1. The molecule has 0 heterocycles. The maximum Gasteiger partial charge on any atom is 0.205 e. The number of carbonyl (C=O) groups is 1. The maximum absolute atomic E-state index is 11.3. The molecule has 0 amide bonds. The summed E-state index contributed by atoms with van der Waals surface area (Å²) in [6.07, 6.45) is 0.546. The van der Waals surface area contributed by atoms with E-state index in [2.05, 4.69) is 6.72 Å². The number of ketones is 1. The van der Waals surface area contributed by atoms with E-state index in [0.717, 1.165) is 11.3 Å². The van der Waals surface area contributed by atoms with E-state index in [9.17, 15) is 4.79 Å². The fourth-order valence-corrected chi connectivity index (χ4v) is 1.12. The number of Topliss-reactive ketones (excluding diaryl/α,β-unsaturated/α-hetero) is 1. The molecule has 13 heavy (non-hydrogen) atoms. The summed E-state index contributed by atoms with van der Waals surface area (Å²) in [7, 11) is 1.86. The summed E-state index contributed by atoms with van der Waals surface area (Å²) >= 11 is 0. The van der Waals surface area contributed by atoms with Gasteiger partial charge in [0.1, 0.15) is 13.8 Å². The van der Waals surface area contributed by atoms with E-state index in [1.165, 1.54) is 0 Å². The molecule has 0 N–H and O–H groups in total. The molecule has 68 valence electrons. The first-order valence-electron chi connectivity index (χ1n) is 4.32. The van der Waals surface area contributed by atoms with Crippen LogP contribution in [0.2, 0.25) is 0 Å². The normalized spacial score (nSPS) is 9.69. The van der Waals surface area contributed by atoms with Gasteiger partial charge in [0.25, 0.3) is 0 Å². The number of hydrogen-bond acceptors (Lipinski definition) is 1. The van der Waals surface area contributed by atoms with Crippen molar-refractivity contribution < 1.29 is 9.37 Å². The molecular weight excluding hydrogens is 162 g/mol. The minimum absolute atomic E-state index is 0.170. The standard InChI is InChI=1S/C11H14NO/c1-4-11(13)9-6-5-7-10(8-9)12(2)3/h5-8H,2,4H2,1,3H3/q+1. The predicted molar refractivity (Wildman–Crippen MR) is 54.0 cm³/mol. The summed E-state index contributed by atoms with van der Waals surface area (Å²) in [5.74, 6) is 0.170. The third-order valence-electron chi connectivity index (χ3n) is 1.93. The molecule has 0 aliphatic carbocycles. The van der Waals surface area contributed by atoms with E-state index in [-0.39, 0.29) is 5.78 Å². The first kappa shape index (κ1) is 9.65. The van der Waals surface area contributed by atoms with Crippen LogP contribution in [0.15, 0.2) is 24.3 Å². The van der Waals surface area contributed by atoms with Crippen LogP contribution in [-0.2, 0) is 0 Å². The van der Waals surface area contributed by atoms with Gasteiger partial charge in [0.05, 0.1) is 0 Å². The Hall–Kier alpha value is -1.44. The van der Waals surface area contributed by atoms with Gasteiger partial charge in [0.2, 0.25) is 5.69 Å². The summed E-state index contributed by atoms with van der Waals surface area (Å²) in [6.45, 7) is 5.62. The molecule has 0 fully saturated rings. The highest BCUT2D eigenvalue weighted by Gasteiger charge is 2.06. The Bertz CT molecular complexity index is 342. The molecule has 0 atom stereocenters. The molecule has 0 aliphatic rings. The second-order valence-electron chi connectivity index (χ2n) is 3.03. The summed E-state index contributed by atoms with van der Waals surface area (Å²) in [5.41, 5.74) is 1.72. The van der Waals surface area contributed by atoms with Crippen LogP contribution in [0.3, 0.4) is 0 Å². The number of rotatable bonds is 3. The van der Waals surface area contributed by atoms with Gasteiger partial charge < -0.3 is 0 Å². The van der Waals surface area contributed by atoms with Crippen LogP contribution in [-0.4, -0.2) is 24.1 Å². The second-order valence-corrected chi connectivity index (χ2v) is 3.03. The van der Waals surface area contributed by atoms with E-state index in [1.54, 1.807) is 4.58 Å². The van der Waals surface area contributed by atoms with Gasteiger partial charge in [-0.3, -0.25) is 4.79 Å². The van der Waals surface area contributed by atoms with Crippen LogP contribution in [0.1, 0.15) is 23.7 Å². The average Bonchev–Trinajstić information content (AvgIpc) is 2.17. The van der Waals surface area contributed by atoms with Crippen molar-refractivity contribution in [2.45, 2.75) is 13.3 Å². The highest BCUT2D eigenvalue weighted by molar-refractivity contribution is 5.96. The third-order valence-corrected chi connectivity index (χ3v) is 1.93. The minimum Gasteiger partial charge on any atom is -0.294 e. The molecule has 1 aromatic rings. The summed E-state index contributed by atoms with van der Waals surface area (Å²) in [4.78, 5) is 11.3. The van der Waals surface area contributed by atoms with E-state index in [1.807, 2.05) is 38.2 Å². The Morgan fingerprint density at radius 3 is 2.77 bits per heavy atom. The van der Waals surface area contributed by atoms with Crippen LogP contribution in [0, 0.1) is 0 Å². The highest BCUT2D eigenvalue weighted by Crippen LogP contribution is 2.13. The number of carbonyl (C=O) groups excluding carboxylic acids is 1. The SMILES string of the molecule is C=[N+](C)c1cccc(C(=O)CC)c1. The van der Waals surface area contributed by atoms with Crippen LogP contribution in [0.4, 0.5) is 5.69 Å². The highest BCUT2D eigenvalue weighted by atomic mass is 16.1. The number of nitrogens with zero attached hydrogens (tertiary/aromatic N) is 1. The van der Waals surface area contributed by atoms with Crippen molar-refractivity contribution in [1.29, 1.82) is 0 Å². The van der Waals surface area contributed by atoms with Gasteiger partial charge in [0.15, 0.2) is 5.78 Å². The second kappa shape index (κ2) is 3.99. The minimum atomic E-state index is 0.170. The molecule has 0 bridgehead atoms. The van der Waals surface area contributed by atoms with E-state index in [0.29, 0.717) is 6.42 Å². The summed E-state index contributed by atoms with van der Waals surface area (Å²) < 4.78 is 1.74. The molecule has 1 rings (SSSR count). The first-order valence-corrected chi connectivity index (χ1v) is 4.32. The molecule has 1 aromatic carbocycles. The Labute approximate surface area is 78.5 Å². The molecule has 0 aromatic heterocycles. The van der Waals surface area contributed by atoms with Gasteiger partial charge in [-0.25, -0.2) is 4.58 Å². The van der Waals surface area contributed by atoms with E-state index < -0.39 is 0 Å². The molecule has 0 saturated carbocycles. The zero-order chi connectivity index (χ0) is 9.84. The molecular formula is C11H14NO+. The quantitative estimate of drug-likeness (QED) is 0.393. The first-order chi connectivity index (χ1) is 6.15. The molecule has 0 saturated heterocycles. The van der Waals surface area contributed by atoms with Crippen molar-refractivity contribution in [2.75, 3.05) is 7.05 Å². The maximum atomic E-state index is 11.3. The van der Waals surface area contributed by atoms with Crippen molar-refractivity contribution in [3.63, 3.8) is 0 Å². The van der Waals surface area contributed by atoms with Crippen LogP contribution in [0.5, 0.6) is 0 Å². The lowest BCUT2D eigenvalue weighted by molar-refractivity contribution is -0.394. The van der Waals surface area contributed by atoms with E-state index >= 15 is 0 Å². The third kappa shape index (κ3) is 2.25. The van der Waals surface area contributed by atoms with Crippen molar-refractivity contribution >= 4 is 18.2 Å². The number of hydrogen-bond donors (Lipinski definition) is 0. The Morgan fingerprint density at radius 2 is 2.23 bits per heavy atom. The zero-order valence-corrected chi connectivity index (χ0v) is 8.08. The van der Waals surface area contributed by atoms with Gasteiger partial charge in [-0.2, -0.15) is 0 Å². The molecule has 2 nitrogen and oxygen atoms in total. The van der Waals surface area contributed by atoms with Gasteiger partial charge in [0, 0.05) is 24.1 Å². The molecule has 0 spiro atoms. The van der Waals surface area contributed by atoms with Gasteiger partial charge >= 0.3 is 0 Å². The largest absolute Gasteiger partial charge is 0.294 e. The molecule has 0 radical (unpaired) electrons. The average molecular weight is 176 g/mol. The summed E-state index contributed by atoms with van der Waals surface area (Å²) in [6, 6.07) is 7.50. The topological polar surface area (TPSA) is 20.1 Å². The Kier molecular flexibility index (Phi) is 2.96. The zero-order valence-electron chi connectivity index (χ0n) is 8.08. The Morgan fingerprint density at radius 1 is 1.54 bits per heavy atom. The summed E-state index contributed by atoms with van der Waals surface area (Å²) in [5, 5.41) is 0.